The predicted octanol–water partition coefficient (Wildman–Crippen LogP) is 3.69. The highest BCUT2D eigenvalue weighted by atomic mass is 19.1. The van der Waals surface area contributed by atoms with E-state index >= 15 is 0 Å². The fraction of sp³-hybridized carbons (Fsp3) is 0.292. The average Bonchev–Trinajstić information content (AvgIpc) is 3.33. The highest BCUT2D eigenvalue weighted by Crippen LogP contribution is 2.27. The van der Waals surface area contributed by atoms with E-state index < -0.39 is 5.91 Å². The first-order valence-corrected chi connectivity index (χ1v) is 10.7. The fourth-order valence-electron chi connectivity index (χ4n) is 3.74. The van der Waals surface area contributed by atoms with Gasteiger partial charge in [0.25, 0.3) is 11.8 Å². The van der Waals surface area contributed by atoms with Crippen molar-refractivity contribution in [1.82, 2.24) is 20.5 Å². The zero-order valence-electron chi connectivity index (χ0n) is 18.0. The number of ether oxygens (including phenoxy) is 1. The van der Waals surface area contributed by atoms with Gasteiger partial charge in [0, 0.05) is 24.1 Å². The Hall–Kier alpha value is -3.56. The Bertz CT molecular complexity index is 1090. The van der Waals surface area contributed by atoms with Crippen LogP contribution < -0.4 is 10.2 Å². The second kappa shape index (κ2) is 10.8. The zero-order chi connectivity index (χ0) is 23.0. The summed E-state index contributed by atoms with van der Waals surface area (Å²) in [5.41, 5.74) is 3.04. The Morgan fingerprint density at radius 2 is 1.97 bits per heavy atom. The molecule has 2 aromatic carbocycles. The number of hydrogen-bond acceptors (Lipinski definition) is 7. The number of likely N-dealkylation sites (tertiary alicyclic amines) is 1. The molecule has 0 saturated carbocycles. The molecule has 1 aliphatic rings. The van der Waals surface area contributed by atoms with Crippen LogP contribution in [0.15, 0.2) is 59.1 Å². The Labute approximate surface area is 190 Å². The van der Waals surface area contributed by atoms with Crippen LogP contribution in [0.3, 0.4) is 0 Å². The Balaban J connectivity index is 1.24. The van der Waals surface area contributed by atoms with Crippen LogP contribution in [0.1, 0.15) is 41.6 Å². The van der Waals surface area contributed by atoms with E-state index in [1.54, 1.807) is 36.4 Å². The molecule has 33 heavy (non-hydrogen) atoms. The number of amides is 1. The summed E-state index contributed by atoms with van der Waals surface area (Å²) in [6.07, 6.45) is 4.57. The number of benzene rings is 2. The van der Waals surface area contributed by atoms with E-state index in [1.165, 1.54) is 17.6 Å². The van der Waals surface area contributed by atoms with Gasteiger partial charge in [0.15, 0.2) is 12.4 Å². The SMILES string of the molecule is O=C(C=Cc1ccc(OCc2nc(C3CCN(Cc4ccccc4F)CC3)no2)cc1)NO. The van der Waals surface area contributed by atoms with Crippen LogP contribution in [0, 0.1) is 5.82 Å². The van der Waals surface area contributed by atoms with Gasteiger partial charge in [-0.1, -0.05) is 35.5 Å². The van der Waals surface area contributed by atoms with Gasteiger partial charge in [0.2, 0.25) is 0 Å². The molecule has 0 atom stereocenters. The molecule has 1 fully saturated rings. The van der Waals surface area contributed by atoms with Crippen molar-refractivity contribution in [1.29, 1.82) is 0 Å². The predicted molar refractivity (Wildman–Crippen MR) is 118 cm³/mol. The summed E-state index contributed by atoms with van der Waals surface area (Å²) in [6.45, 7) is 2.45. The van der Waals surface area contributed by atoms with Crippen LogP contribution >= 0.6 is 0 Å². The monoisotopic (exact) mass is 452 g/mol. The molecular weight excluding hydrogens is 427 g/mol. The highest BCUT2D eigenvalue weighted by Gasteiger charge is 2.25. The molecule has 1 saturated heterocycles. The largest absolute Gasteiger partial charge is 0.484 e. The van der Waals surface area contributed by atoms with Crippen molar-refractivity contribution in [3.05, 3.63) is 83.3 Å². The van der Waals surface area contributed by atoms with E-state index in [1.807, 2.05) is 12.1 Å². The van der Waals surface area contributed by atoms with Crippen molar-refractivity contribution < 1.29 is 23.7 Å². The van der Waals surface area contributed by atoms with Crippen LogP contribution in [0.2, 0.25) is 0 Å². The van der Waals surface area contributed by atoms with Crippen molar-refractivity contribution in [2.45, 2.75) is 31.9 Å². The summed E-state index contributed by atoms with van der Waals surface area (Å²) in [5, 5.41) is 12.6. The van der Waals surface area contributed by atoms with Crippen molar-refractivity contribution in [2.75, 3.05) is 13.1 Å². The topological polar surface area (TPSA) is 101 Å². The van der Waals surface area contributed by atoms with E-state index in [0.29, 0.717) is 24.0 Å². The molecule has 3 aromatic rings. The Morgan fingerprint density at radius 1 is 1.21 bits per heavy atom. The number of piperidine rings is 1. The summed E-state index contributed by atoms with van der Waals surface area (Å²) in [6, 6.07) is 14.0. The van der Waals surface area contributed by atoms with Gasteiger partial charge >= 0.3 is 0 Å². The lowest BCUT2D eigenvalue weighted by Gasteiger charge is -2.30. The third kappa shape index (κ3) is 6.24. The van der Waals surface area contributed by atoms with E-state index in [2.05, 4.69) is 15.0 Å². The van der Waals surface area contributed by atoms with Crippen molar-refractivity contribution in [2.24, 2.45) is 0 Å². The average molecular weight is 452 g/mol. The van der Waals surface area contributed by atoms with Gasteiger partial charge in [0.05, 0.1) is 0 Å². The van der Waals surface area contributed by atoms with Crippen molar-refractivity contribution >= 4 is 12.0 Å². The molecule has 0 aliphatic carbocycles. The number of halogens is 1. The van der Waals surface area contributed by atoms with Gasteiger partial charge in [-0.15, -0.1) is 0 Å². The van der Waals surface area contributed by atoms with Crippen LogP contribution in [-0.2, 0) is 17.9 Å². The summed E-state index contributed by atoms with van der Waals surface area (Å²) in [4.78, 5) is 17.7. The standard InChI is InChI=1S/C24H25FN4O4/c25-21-4-2-1-3-19(21)15-29-13-11-18(12-14-29)24-26-23(33-28-24)16-32-20-8-5-17(6-9-20)7-10-22(30)27-31/h1-10,18,31H,11-16H2,(H,27,30). The Kier molecular flexibility index (Phi) is 7.43. The summed E-state index contributed by atoms with van der Waals surface area (Å²) in [7, 11) is 0. The van der Waals surface area contributed by atoms with Crippen molar-refractivity contribution in [3.8, 4) is 5.75 Å². The second-order valence-electron chi connectivity index (χ2n) is 7.86. The smallest absolute Gasteiger partial charge is 0.267 e. The van der Waals surface area contributed by atoms with Crippen LogP contribution in [0.5, 0.6) is 5.75 Å². The lowest BCUT2D eigenvalue weighted by molar-refractivity contribution is -0.124. The molecule has 4 rings (SSSR count). The molecule has 0 bridgehead atoms. The Morgan fingerprint density at radius 3 is 2.70 bits per heavy atom. The third-order valence-corrected chi connectivity index (χ3v) is 5.57. The zero-order valence-corrected chi connectivity index (χ0v) is 18.0. The first-order valence-electron chi connectivity index (χ1n) is 10.7. The minimum Gasteiger partial charge on any atom is -0.484 e. The third-order valence-electron chi connectivity index (χ3n) is 5.57. The van der Waals surface area contributed by atoms with E-state index in [0.717, 1.165) is 37.1 Å². The number of hydrogen-bond donors (Lipinski definition) is 2. The minimum absolute atomic E-state index is 0.154. The number of carbonyl (C=O) groups excluding carboxylic acids is 1. The van der Waals surface area contributed by atoms with Gasteiger partial charge in [-0.2, -0.15) is 4.98 Å². The normalized spacial score (nSPS) is 15.1. The molecule has 2 heterocycles. The molecule has 172 valence electrons. The van der Waals surface area contributed by atoms with Crippen LogP contribution in [-0.4, -0.2) is 39.2 Å². The number of aromatic nitrogens is 2. The van der Waals surface area contributed by atoms with Crippen LogP contribution in [0.4, 0.5) is 4.39 Å². The summed E-state index contributed by atoms with van der Waals surface area (Å²) in [5.74, 6) is 1.16. The summed E-state index contributed by atoms with van der Waals surface area (Å²) < 4.78 is 24.9. The quantitative estimate of drug-likeness (QED) is 0.305. The second-order valence-corrected chi connectivity index (χ2v) is 7.86. The molecule has 0 radical (unpaired) electrons. The van der Waals surface area contributed by atoms with E-state index in [-0.39, 0.29) is 18.3 Å². The molecular formula is C24H25FN4O4. The molecule has 9 heteroatoms. The molecule has 8 nitrogen and oxygen atoms in total. The molecule has 0 unspecified atom stereocenters. The summed E-state index contributed by atoms with van der Waals surface area (Å²) >= 11 is 0. The van der Waals surface area contributed by atoms with E-state index in [9.17, 15) is 9.18 Å². The lowest BCUT2D eigenvalue weighted by atomic mass is 9.96. The van der Waals surface area contributed by atoms with Gasteiger partial charge in [-0.05, 0) is 55.8 Å². The minimum atomic E-state index is -0.599. The maximum Gasteiger partial charge on any atom is 0.267 e. The number of carbonyl (C=O) groups is 1. The van der Waals surface area contributed by atoms with Crippen molar-refractivity contribution in [3.63, 3.8) is 0 Å². The number of rotatable bonds is 8. The molecule has 1 aromatic heterocycles. The molecule has 0 spiro atoms. The molecule has 1 amide bonds. The van der Waals surface area contributed by atoms with Gasteiger partial charge in [-0.25, -0.2) is 9.87 Å². The maximum absolute atomic E-state index is 13.9. The lowest BCUT2D eigenvalue weighted by Crippen LogP contribution is -2.33. The first kappa shape index (κ1) is 22.6. The van der Waals surface area contributed by atoms with E-state index in [4.69, 9.17) is 14.5 Å². The first-order chi connectivity index (χ1) is 16.1. The fourth-order valence-corrected chi connectivity index (χ4v) is 3.74. The molecule has 1 aliphatic heterocycles. The number of hydroxylamine groups is 1. The van der Waals surface area contributed by atoms with Gasteiger partial charge < -0.3 is 9.26 Å². The molecule has 2 N–H and O–H groups in total. The highest BCUT2D eigenvalue weighted by molar-refractivity contribution is 5.90. The van der Waals surface area contributed by atoms with Crippen LogP contribution in [0.25, 0.3) is 6.08 Å². The van der Waals surface area contributed by atoms with Gasteiger partial charge in [0.1, 0.15) is 11.6 Å². The number of nitrogens with one attached hydrogen (secondary N) is 1. The maximum atomic E-state index is 13.9. The number of nitrogens with zero attached hydrogens (tertiary/aromatic N) is 3. The van der Waals surface area contributed by atoms with Gasteiger partial charge in [-0.3, -0.25) is 14.9 Å².